The molecule has 1 amide bonds. The second-order valence-electron chi connectivity index (χ2n) is 10.8. The lowest BCUT2D eigenvalue weighted by molar-refractivity contribution is -0.116. The normalized spacial score (nSPS) is 16.5. The van der Waals surface area contributed by atoms with E-state index in [4.69, 9.17) is 12.2 Å². The largest absolute Gasteiger partial charge is 0.352 e. The van der Waals surface area contributed by atoms with Crippen LogP contribution in [0.2, 0.25) is 0 Å². The molecule has 2 unspecified atom stereocenters. The van der Waals surface area contributed by atoms with Crippen molar-refractivity contribution in [1.29, 1.82) is 0 Å². The van der Waals surface area contributed by atoms with Gasteiger partial charge in [0, 0.05) is 47.3 Å². The summed E-state index contributed by atoms with van der Waals surface area (Å²) >= 11 is 5.89. The number of anilines is 1. The van der Waals surface area contributed by atoms with Gasteiger partial charge < -0.3 is 20.1 Å². The SMILES string of the molecule is CCc1ccc(-n2c(C)cc(C3C(c4ccccn4)NC(=S)N3CCC(=O)Nc3cccc4ccccc34)c2C)cc1. The van der Waals surface area contributed by atoms with Crippen LogP contribution in [-0.4, -0.2) is 32.0 Å². The number of thiocarbonyl (C=S) groups is 1. The van der Waals surface area contributed by atoms with E-state index in [2.05, 4.69) is 88.3 Å². The van der Waals surface area contributed by atoms with Gasteiger partial charge in [0.1, 0.15) is 0 Å². The lowest BCUT2D eigenvalue weighted by Crippen LogP contribution is -2.33. The lowest BCUT2D eigenvalue weighted by atomic mass is 9.96. The monoisotopic (exact) mass is 573 g/mol. The zero-order valence-corrected chi connectivity index (χ0v) is 25.0. The van der Waals surface area contributed by atoms with Crippen molar-refractivity contribution in [2.45, 2.75) is 45.7 Å². The van der Waals surface area contributed by atoms with Gasteiger partial charge in [-0.05, 0) is 85.4 Å². The lowest BCUT2D eigenvalue weighted by Gasteiger charge is -2.28. The number of benzene rings is 3. The second kappa shape index (κ2) is 11.8. The molecule has 2 N–H and O–H groups in total. The summed E-state index contributed by atoms with van der Waals surface area (Å²) < 4.78 is 2.30. The van der Waals surface area contributed by atoms with Gasteiger partial charge in [-0.15, -0.1) is 0 Å². The van der Waals surface area contributed by atoms with E-state index in [1.807, 2.05) is 54.7 Å². The van der Waals surface area contributed by atoms with Crippen LogP contribution >= 0.6 is 12.2 Å². The van der Waals surface area contributed by atoms with Gasteiger partial charge in [-0.25, -0.2) is 0 Å². The molecule has 2 aromatic heterocycles. The van der Waals surface area contributed by atoms with Crippen LogP contribution in [0.3, 0.4) is 0 Å². The Labute approximate surface area is 252 Å². The number of nitrogens with zero attached hydrogens (tertiary/aromatic N) is 3. The maximum absolute atomic E-state index is 13.3. The molecular formula is C35H35N5OS. The van der Waals surface area contributed by atoms with Crippen LogP contribution in [-0.2, 0) is 11.2 Å². The number of pyridine rings is 1. The smallest absolute Gasteiger partial charge is 0.226 e. The number of rotatable bonds is 8. The van der Waals surface area contributed by atoms with E-state index in [1.165, 1.54) is 11.1 Å². The van der Waals surface area contributed by atoms with Crippen molar-refractivity contribution in [2.24, 2.45) is 0 Å². The Morgan fingerprint density at radius 2 is 1.74 bits per heavy atom. The predicted molar refractivity (Wildman–Crippen MR) is 174 cm³/mol. The molecule has 6 nitrogen and oxygen atoms in total. The van der Waals surface area contributed by atoms with Crippen molar-refractivity contribution in [3.05, 3.63) is 125 Å². The van der Waals surface area contributed by atoms with Crippen LogP contribution in [0.25, 0.3) is 16.5 Å². The summed E-state index contributed by atoms with van der Waals surface area (Å²) in [7, 11) is 0. The average molecular weight is 574 g/mol. The first kappa shape index (κ1) is 27.7. The number of nitrogens with one attached hydrogen (secondary N) is 2. The number of hydrogen-bond donors (Lipinski definition) is 2. The third-order valence-electron chi connectivity index (χ3n) is 8.23. The average Bonchev–Trinajstić information content (AvgIpc) is 3.50. The van der Waals surface area contributed by atoms with Gasteiger partial charge in [0.25, 0.3) is 0 Å². The van der Waals surface area contributed by atoms with Crippen molar-refractivity contribution in [1.82, 2.24) is 19.8 Å². The van der Waals surface area contributed by atoms with Gasteiger partial charge in [0.2, 0.25) is 5.91 Å². The highest BCUT2D eigenvalue weighted by molar-refractivity contribution is 7.80. The standard InChI is InChI=1S/C35H35N5OS/c1-4-25-15-17-27(18-16-25)40-23(2)22-29(24(40)3)34-33(31-13-7-8-20-36-31)38-35(42)39(34)21-19-32(41)37-30-14-9-11-26-10-5-6-12-28(26)30/h5-18,20,22,33-34H,4,19,21H2,1-3H3,(H,37,41)(H,38,42). The molecule has 0 spiro atoms. The highest BCUT2D eigenvalue weighted by Crippen LogP contribution is 2.41. The molecule has 0 radical (unpaired) electrons. The van der Waals surface area contributed by atoms with E-state index >= 15 is 0 Å². The minimum absolute atomic E-state index is 0.0457. The number of hydrogen-bond acceptors (Lipinski definition) is 3. The Kier molecular flexibility index (Phi) is 7.76. The van der Waals surface area contributed by atoms with E-state index < -0.39 is 0 Å². The molecule has 3 heterocycles. The molecule has 0 aliphatic carbocycles. The van der Waals surface area contributed by atoms with Crippen LogP contribution in [0.1, 0.15) is 53.6 Å². The van der Waals surface area contributed by atoms with E-state index in [0.29, 0.717) is 18.1 Å². The fourth-order valence-corrected chi connectivity index (χ4v) is 6.45. The molecule has 1 aliphatic rings. The summed E-state index contributed by atoms with van der Waals surface area (Å²) in [6.07, 6.45) is 3.12. The number of fused-ring (bicyclic) bond motifs is 1. The fraction of sp³-hybridized carbons (Fsp3) is 0.229. The third-order valence-corrected chi connectivity index (χ3v) is 8.59. The van der Waals surface area contributed by atoms with Crippen LogP contribution in [0.15, 0.2) is 97.2 Å². The Hall–Kier alpha value is -4.49. The molecule has 6 rings (SSSR count). The van der Waals surface area contributed by atoms with Crippen molar-refractivity contribution in [3.8, 4) is 5.69 Å². The quantitative estimate of drug-likeness (QED) is 0.192. The minimum atomic E-state index is -0.142. The van der Waals surface area contributed by atoms with Gasteiger partial charge in [-0.3, -0.25) is 9.78 Å². The van der Waals surface area contributed by atoms with E-state index in [9.17, 15) is 4.79 Å². The summed E-state index contributed by atoms with van der Waals surface area (Å²) in [4.78, 5) is 20.1. The molecule has 3 aromatic carbocycles. The van der Waals surface area contributed by atoms with Crippen molar-refractivity contribution in [3.63, 3.8) is 0 Å². The Morgan fingerprint density at radius 3 is 2.50 bits per heavy atom. The Balaban J connectivity index is 1.30. The van der Waals surface area contributed by atoms with Crippen LogP contribution in [0.5, 0.6) is 0 Å². The number of aryl methyl sites for hydroxylation is 2. The number of amides is 1. The minimum Gasteiger partial charge on any atom is -0.352 e. The fourth-order valence-electron chi connectivity index (χ4n) is 6.12. The molecule has 212 valence electrons. The molecule has 1 saturated heterocycles. The molecule has 7 heteroatoms. The summed E-state index contributed by atoms with van der Waals surface area (Å²) in [5, 5.41) is 9.41. The molecule has 42 heavy (non-hydrogen) atoms. The predicted octanol–water partition coefficient (Wildman–Crippen LogP) is 7.21. The molecule has 1 aliphatic heterocycles. The van der Waals surface area contributed by atoms with Crippen LogP contribution in [0.4, 0.5) is 5.69 Å². The second-order valence-corrected chi connectivity index (χ2v) is 11.2. The first-order valence-corrected chi connectivity index (χ1v) is 14.9. The Bertz CT molecular complexity index is 1740. The van der Waals surface area contributed by atoms with Crippen molar-refractivity contribution in [2.75, 3.05) is 11.9 Å². The topological polar surface area (TPSA) is 62.2 Å². The van der Waals surface area contributed by atoms with Crippen LogP contribution in [0, 0.1) is 13.8 Å². The molecule has 0 saturated carbocycles. The zero-order chi connectivity index (χ0) is 29.2. The van der Waals surface area contributed by atoms with Gasteiger partial charge in [0.15, 0.2) is 5.11 Å². The summed E-state index contributed by atoms with van der Waals surface area (Å²) in [6, 6.07) is 30.8. The van der Waals surface area contributed by atoms with E-state index in [-0.39, 0.29) is 18.0 Å². The molecule has 0 bridgehead atoms. The zero-order valence-electron chi connectivity index (χ0n) is 24.2. The van der Waals surface area contributed by atoms with Crippen LogP contribution < -0.4 is 10.6 Å². The highest BCUT2D eigenvalue weighted by Gasteiger charge is 2.41. The van der Waals surface area contributed by atoms with E-state index in [0.717, 1.165) is 45.6 Å². The Morgan fingerprint density at radius 1 is 0.976 bits per heavy atom. The van der Waals surface area contributed by atoms with Crippen molar-refractivity contribution < 1.29 is 4.79 Å². The molecule has 5 aromatic rings. The molecular weight excluding hydrogens is 538 g/mol. The summed E-state index contributed by atoms with van der Waals surface area (Å²) in [6.45, 7) is 6.95. The van der Waals surface area contributed by atoms with E-state index in [1.54, 1.807) is 0 Å². The van der Waals surface area contributed by atoms with Gasteiger partial charge >= 0.3 is 0 Å². The maximum atomic E-state index is 13.3. The van der Waals surface area contributed by atoms with Crippen molar-refractivity contribution >= 4 is 39.7 Å². The number of aromatic nitrogens is 2. The summed E-state index contributed by atoms with van der Waals surface area (Å²) in [5.41, 5.74) is 7.67. The number of carbonyl (C=O) groups is 1. The molecule has 2 atom stereocenters. The highest BCUT2D eigenvalue weighted by atomic mass is 32.1. The summed E-state index contributed by atoms with van der Waals surface area (Å²) in [5.74, 6) is -0.0457. The van der Waals surface area contributed by atoms with Gasteiger partial charge in [-0.1, -0.05) is 61.5 Å². The van der Waals surface area contributed by atoms with Gasteiger partial charge in [0.05, 0.1) is 17.8 Å². The first-order valence-electron chi connectivity index (χ1n) is 14.5. The third kappa shape index (κ3) is 5.28. The van der Waals surface area contributed by atoms with Gasteiger partial charge in [-0.2, -0.15) is 0 Å². The molecule has 1 fully saturated rings. The number of carbonyl (C=O) groups excluding carboxylic acids is 1. The maximum Gasteiger partial charge on any atom is 0.226 e. The first-order chi connectivity index (χ1) is 20.4.